The Kier molecular flexibility index (Phi) is 1.74. The Bertz CT molecular complexity index is 319. The van der Waals surface area contributed by atoms with Crippen LogP contribution in [0.3, 0.4) is 0 Å². The van der Waals surface area contributed by atoms with Gasteiger partial charge in [0.2, 0.25) is 0 Å². The van der Waals surface area contributed by atoms with Crippen LogP contribution >= 0.6 is 0 Å². The number of nitrogens with one attached hydrogen (secondary N) is 1. The van der Waals surface area contributed by atoms with E-state index in [0.29, 0.717) is 5.54 Å². The molecule has 0 unspecified atom stereocenters. The third kappa shape index (κ3) is 1.20. The second kappa shape index (κ2) is 2.95. The Balaban J connectivity index is 1.76. The molecule has 1 N–H and O–H groups in total. The zero-order valence-corrected chi connectivity index (χ0v) is 8.24. The molecule has 0 amide bonds. The molecular formula is C11H15N3. The first-order valence-corrected chi connectivity index (χ1v) is 5.28. The van der Waals surface area contributed by atoms with Crippen LogP contribution in [-0.4, -0.2) is 30.2 Å². The molecule has 0 bridgehead atoms. The third-order valence-electron chi connectivity index (χ3n) is 3.47. The van der Waals surface area contributed by atoms with Crippen LogP contribution in [0, 0.1) is 0 Å². The molecule has 3 heterocycles. The first-order valence-electron chi connectivity index (χ1n) is 5.28. The lowest BCUT2D eigenvalue weighted by Gasteiger charge is -2.39. The Hall–Kier alpha value is -1.09. The summed E-state index contributed by atoms with van der Waals surface area (Å²) in [4.78, 5) is 6.59. The van der Waals surface area contributed by atoms with Gasteiger partial charge in [-0.3, -0.25) is 4.98 Å². The number of hydrogen-bond acceptors (Lipinski definition) is 3. The average Bonchev–Trinajstić information content (AvgIpc) is 2.63. The van der Waals surface area contributed by atoms with Gasteiger partial charge in [-0.25, -0.2) is 0 Å². The lowest BCUT2D eigenvalue weighted by atomic mass is 9.87. The normalized spacial score (nSPS) is 30.7. The molecule has 3 rings (SSSR count). The molecule has 0 aromatic carbocycles. The maximum Gasteiger partial charge on any atom is 0.0553 e. The number of hydrogen-bond donors (Lipinski definition) is 1. The minimum atomic E-state index is 0.440. The fourth-order valence-electron chi connectivity index (χ4n) is 2.46. The number of anilines is 1. The summed E-state index contributed by atoms with van der Waals surface area (Å²) in [5.74, 6) is 0. The summed E-state index contributed by atoms with van der Waals surface area (Å²) >= 11 is 0. The van der Waals surface area contributed by atoms with E-state index in [1.54, 1.807) is 0 Å². The van der Waals surface area contributed by atoms with Crippen LogP contribution in [0.25, 0.3) is 0 Å². The number of aromatic nitrogens is 1. The van der Waals surface area contributed by atoms with Crippen molar-refractivity contribution in [1.82, 2.24) is 10.3 Å². The second-order valence-corrected chi connectivity index (χ2v) is 4.34. The van der Waals surface area contributed by atoms with E-state index in [2.05, 4.69) is 21.3 Å². The summed E-state index contributed by atoms with van der Waals surface area (Å²) in [5, 5.41) is 3.56. The summed E-state index contributed by atoms with van der Waals surface area (Å²) in [6.07, 6.45) is 6.40. The van der Waals surface area contributed by atoms with Crippen molar-refractivity contribution in [1.29, 1.82) is 0 Å². The zero-order valence-electron chi connectivity index (χ0n) is 8.24. The average molecular weight is 189 g/mol. The highest BCUT2D eigenvalue weighted by Gasteiger charge is 2.42. The highest BCUT2D eigenvalue weighted by molar-refractivity contribution is 5.46. The highest BCUT2D eigenvalue weighted by Crippen LogP contribution is 2.32. The van der Waals surface area contributed by atoms with E-state index in [9.17, 15) is 0 Å². The van der Waals surface area contributed by atoms with Gasteiger partial charge < -0.3 is 10.2 Å². The SMILES string of the molecule is c1cncc(N2CC[C@]3(CCN3)C2)c1. The maximum atomic E-state index is 4.16. The van der Waals surface area contributed by atoms with Crippen LogP contribution < -0.4 is 10.2 Å². The Labute approximate surface area is 84.1 Å². The lowest BCUT2D eigenvalue weighted by molar-refractivity contribution is 0.235. The van der Waals surface area contributed by atoms with E-state index < -0.39 is 0 Å². The predicted octanol–water partition coefficient (Wildman–Crippen LogP) is 1.02. The molecule has 0 radical (unpaired) electrons. The molecule has 74 valence electrons. The van der Waals surface area contributed by atoms with Crippen molar-refractivity contribution in [3.8, 4) is 0 Å². The van der Waals surface area contributed by atoms with Crippen molar-refractivity contribution < 1.29 is 0 Å². The fourth-order valence-corrected chi connectivity index (χ4v) is 2.46. The molecule has 1 atom stereocenters. The number of pyridine rings is 1. The number of nitrogens with zero attached hydrogens (tertiary/aromatic N) is 2. The van der Waals surface area contributed by atoms with Crippen molar-refractivity contribution in [3.63, 3.8) is 0 Å². The van der Waals surface area contributed by atoms with Crippen LogP contribution in [0.2, 0.25) is 0 Å². The summed E-state index contributed by atoms with van der Waals surface area (Å²) in [6, 6.07) is 4.15. The predicted molar refractivity (Wildman–Crippen MR) is 56.4 cm³/mol. The summed E-state index contributed by atoms with van der Waals surface area (Å²) in [6.45, 7) is 3.51. The van der Waals surface area contributed by atoms with Crippen molar-refractivity contribution in [2.75, 3.05) is 24.5 Å². The van der Waals surface area contributed by atoms with Crippen molar-refractivity contribution in [2.24, 2.45) is 0 Å². The molecule has 3 nitrogen and oxygen atoms in total. The number of rotatable bonds is 1. The zero-order chi connectivity index (χ0) is 9.43. The Morgan fingerprint density at radius 1 is 1.43 bits per heavy atom. The maximum absolute atomic E-state index is 4.16. The van der Waals surface area contributed by atoms with E-state index in [1.807, 2.05) is 18.5 Å². The van der Waals surface area contributed by atoms with Crippen LogP contribution in [0.1, 0.15) is 12.8 Å². The first-order chi connectivity index (χ1) is 6.88. The third-order valence-corrected chi connectivity index (χ3v) is 3.47. The van der Waals surface area contributed by atoms with Gasteiger partial charge in [0.1, 0.15) is 0 Å². The second-order valence-electron chi connectivity index (χ2n) is 4.34. The molecule has 1 aromatic heterocycles. The molecule has 1 aromatic rings. The van der Waals surface area contributed by atoms with Gasteiger partial charge in [0.15, 0.2) is 0 Å². The van der Waals surface area contributed by atoms with Gasteiger partial charge in [0.05, 0.1) is 11.9 Å². The van der Waals surface area contributed by atoms with Crippen LogP contribution in [0.5, 0.6) is 0 Å². The summed E-state index contributed by atoms with van der Waals surface area (Å²) in [5.41, 5.74) is 1.70. The molecule has 2 aliphatic rings. The topological polar surface area (TPSA) is 28.2 Å². The molecule has 0 saturated carbocycles. The van der Waals surface area contributed by atoms with Gasteiger partial charge >= 0.3 is 0 Å². The minimum Gasteiger partial charge on any atom is -0.368 e. The van der Waals surface area contributed by atoms with Crippen LogP contribution in [-0.2, 0) is 0 Å². The van der Waals surface area contributed by atoms with Gasteiger partial charge in [-0.15, -0.1) is 0 Å². The fraction of sp³-hybridized carbons (Fsp3) is 0.545. The highest BCUT2D eigenvalue weighted by atomic mass is 15.2. The van der Waals surface area contributed by atoms with Crippen molar-refractivity contribution >= 4 is 5.69 Å². The smallest absolute Gasteiger partial charge is 0.0553 e. The molecule has 2 aliphatic heterocycles. The van der Waals surface area contributed by atoms with Crippen molar-refractivity contribution in [3.05, 3.63) is 24.5 Å². The van der Waals surface area contributed by atoms with E-state index >= 15 is 0 Å². The van der Waals surface area contributed by atoms with E-state index in [1.165, 1.54) is 31.6 Å². The molecule has 3 heteroatoms. The monoisotopic (exact) mass is 189 g/mol. The summed E-state index contributed by atoms with van der Waals surface area (Å²) < 4.78 is 0. The molecule has 2 fully saturated rings. The van der Waals surface area contributed by atoms with Gasteiger partial charge in [-0.1, -0.05) is 0 Å². The first kappa shape index (κ1) is 8.24. The van der Waals surface area contributed by atoms with Crippen LogP contribution in [0.4, 0.5) is 5.69 Å². The van der Waals surface area contributed by atoms with Gasteiger partial charge in [0, 0.05) is 24.8 Å². The van der Waals surface area contributed by atoms with E-state index in [0.717, 1.165) is 6.54 Å². The largest absolute Gasteiger partial charge is 0.368 e. The Morgan fingerprint density at radius 2 is 2.36 bits per heavy atom. The van der Waals surface area contributed by atoms with Gasteiger partial charge in [-0.05, 0) is 31.5 Å². The standard InChI is InChI=1S/C11H15N3/c1-2-10(8-12-5-1)14-7-4-11(9-14)3-6-13-11/h1-2,5,8,13H,3-4,6-7,9H2/t11-/m1/s1. The molecule has 0 aliphatic carbocycles. The van der Waals surface area contributed by atoms with Crippen LogP contribution in [0.15, 0.2) is 24.5 Å². The molecule has 1 spiro atoms. The Morgan fingerprint density at radius 3 is 2.93 bits per heavy atom. The minimum absolute atomic E-state index is 0.440. The van der Waals surface area contributed by atoms with E-state index in [4.69, 9.17) is 0 Å². The van der Waals surface area contributed by atoms with Gasteiger partial charge in [0.25, 0.3) is 0 Å². The molecular weight excluding hydrogens is 174 g/mol. The lowest BCUT2D eigenvalue weighted by Crippen LogP contribution is -2.58. The van der Waals surface area contributed by atoms with Crippen molar-refractivity contribution in [2.45, 2.75) is 18.4 Å². The van der Waals surface area contributed by atoms with Gasteiger partial charge in [-0.2, -0.15) is 0 Å². The summed E-state index contributed by atoms with van der Waals surface area (Å²) in [7, 11) is 0. The molecule has 2 saturated heterocycles. The van der Waals surface area contributed by atoms with E-state index in [-0.39, 0.29) is 0 Å². The quantitative estimate of drug-likeness (QED) is 0.715. The molecule has 14 heavy (non-hydrogen) atoms.